The van der Waals surface area contributed by atoms with E-state index < -0.39 is 17.7 Å². The number of likely N-dealkylation sites (tertiary alicyclic amines) is 2. The number of rotatable bonds is 8. The molecule has 3 rings (SSSR count). The Morgan fingerprint density at radius 3 is 2.58 bits per heavy atom. The summed E-state index contributed by atoms with van der Waals surface area (Å²) in [6.07, 6.45) is -2.52. The normalized spacial score (nSPS) is 19.8. The maximum Gasteiger partial charge on any atom is 0.416 e. The van der Waals surface area contributed by atoms with Gasteiger partial charge in [0.2, 0.25) is 17.7 Å². The maximum atomic E-state index is 12.9. The van der Waals surface area contributed by atoms with Gasteiger partial charge in [0.1, 0.15) is 0 Å². The lowest BCUT2D eigenvalue weighted by atomic mass is 9.94. The van der Waals surface area contributed by atoms with Gasteiger partial charge in [0.15, 0.2) is 0 Å². The van der Waals surface area contributed by atoms with Crippen LogP contribution in [0.4, 0.5) is 13.2 Å². The molecule has 2 heterocycles. The van der Waals surface area contributed by atoms with E-state index in [4.69, 9.17) is 4.74 Å². The van der Waals surface area contributed by atoms with Crippen LogP contribution >= 0.6 is 0 Å². The lowest BCUT2D eigenvalue weighted by Crippen LogP contribution is -2.45. The van der Waals surface area contributed by atoms with Gasteiger partial charge in [-0.15, -0.1) is 0 Å². The van der Waals surface area contributed by atoms with Crippen LogP contribution in [-0.2, 0) is 31.8 Å². The van der Waals surface area contributed by atoms with Crippen LogP contribution in [-0.4, -0.2) is 67.4 Å². The average molecular weight is 470 g/mol. The number of benzene rings is 1. The number of alkyl halides is 3. The van der Waals surface area contributed by atoms with E-state index in [0.29, 0.717) is 44.6 Å². The molecule has 0 radical (unpaired) electrons. The second-order valence-corrected chi connectivity index (χ2v) is 8.61. The van der Waals surface area contributed by atoms with Gasteiger partial charge in [-0.25, -0.2) is 0 Å². The molecule has 2 fully saturated rings. The zero-order valence-electron chi connectivity index (χ0n) is 18.7. The summed E-state index contributed by atoms with van der Waals surface area (Å²) in [5.74, 6) is -1.03. The van der Waals surface area contributed by atoms with Gasteiger partial charge in [-0.3, -0.25) is 14.4 Å². The minimum Gasteiger partial charge on any atom is -0.385 e. The van der Waals surface area contributed by atoms with E-state index in [2.05, 4.69) is 5.32 Å². The molecule has 1 aromatic rings. The number of carbonyl (C=O) groups is 3. The van der Waals surface area contributed by atoms with Crippen LogP contribution in [0.25, 0.3) is 0 Å². The van der Waals surface area contributed by atoms with E-state index in [1.54, 1.807) is 18.1 Å². The number of halogens is 3. The predicted octanol–water partition coefficient (Wildman–Crippen LogP) is 2.45. The number of piperidine rings is 1. The van der Waals surface area contributed by atoms with Crippen LogP contribution in [0.5, 0.6) is 0 Å². The molecule has 2 aliphatic heterocycles. The summed E-state index contributed by atoms with van der Waals surface area (Å²) in [6.45, 7) is 2.27. The number of ether oxygens (including phenoxy) is 1. The smallest absolute Gasteiger partial charge is 0.385 e. The van der Waals surface area contributed by atoms with E-state index in [1.165, 1.54) is 11.0 Å². The first kappa shape index (κ1) is 25.0. The quantitative estimate of drug-likeness (QED) is 0.594. The van der Waals surface area contributed by atoms with Gasteiger partial charge in [-0.1, -0.05) is 12.1 Å². The Balaban J connectivity index is 1.48. The zero-order chi connectivity index (χ0) is 24.0. The van der Waals surface area contributed by atoms with Crippen molar-refractivity contribution in [3.63, 3.8) is 0 Å². The summed E-state index contributed by atoms with van der Waals surface area (Å²) in [5.41, 5.74) is -0.381. The standard InChI is InChI=1S/C23H30F3N3O4/c1-33-11-3-8-27-21(31)17-6-9-28(10-7-17)22(32)18-13-20(30)29(15-18)14-16-4-2-5-19(12-16)23(24,25)26/h2,4-5,12,17-18H,3,6-11,13-15H2,1H3,(H,27,31). The Labute approximate surface area is 191 Å². The van der Waals surface area contributed by atoms with E-state index in [-0.39, 0.29) is 43.1 Å². The van der Waals surface area contributed by atoms with Gasteiger partial charge in [0, 0.05) is 58.8 Å². The largest absolute Gasteiger partial charge is 0.416 e. The summed E-state index contributed by atoms with van der Waals surface area (Å²) in [4.78, 5) is 40.8. The average Bonchev–Trinajstić information content (AvgIpc) is 3.16. The van der Waals surface area contributed by atoms with Crippen molar-refractivity contribution >= 4 is 17.7 Å². The van der Waals surface area contributed by atoms with Crippen LogP contribution in [0.1, 0.15) is 36.8 Å². The Morgan fingerprint density at radius 1 is 1.18 bits per heavy atom. The Kier molecular flexibility index (Phi) is 8.34. The minimum absolute atomic E-state index is 0.0125. The molecular weight excluding hydrogens is 439 g/mol. The van der Waals surface area contributed by atoms with Gasteiger partial charge in [0.25, 0.3) is 0 Å². The van der Waals surface area contributed by atoms with Crippen molar-refractivity contribution in [2.24, 2.45) is 11.8 Å². The fourth-order valence-electron chi connectivity index (χ4n) is 4.35. The Hall–Kier alpha value is -2.62. The predicted molar refractivity (Wildman–Crippen MR) is 114 cm³/mol. The van der Waals surface area contributed by atoms with Crippen molar-refractivity contribution in [3.8, 4) is 0 Å². The molecule has 33 heavy (non-hydrogen) atoms. The van der Waals surface area contributed by atoms with Crippen molar-refractivity contribution in [2.75, 3.05) is 39.9 Å². The first-order valence-electron chi connectivity index (χ1n) is 11.2. The highest BCUT2D eigenvalue weighted by molar-refractivity contribution is 5.89. The molecule has 0 bridgehead atoms. The fraction of sp³-hybridized carbons (Fsp3) is 0.609. The summed E-state index contributed by atoms with van der Waals surface area (Å²) >= 11 is 0. The lowest BCUT2D eigenvalue weighted by Gasteiger charge is -2.33. The highest BCUT2D eigenvalue weighted by Crippen LogP contribution is 2.31. The van der Waals surface area contributed by atoms with Gasteiger partial charge < -0.3 is 19.9 Å². The third-order valence-corrected chi connectivity index (χ3v) is 6.19. The molecule has 1 unspecified atom stereocenters. The van der Waals surface area contributed by atoms with E-state index in [1.807, 2.05) is 0 Å². The molecule has 0 aromatic heterocycles. The zero-order valence-corrected chi connectivity index (χ0v) is 18.7. The minimum atomic E-state index is -4.45. The maximum absolute atomic E-state index is 12.9. The molecule has 0 spiro atoms. The molecule has 2 saturated heterocycles. The van der Waals surface area contributed by atoms with E-state index >= 15 is 0 Å². The topological polar surface area (TPSA) is 79.0 Å². The van der Waals surface area contributed by atoms with Gasteiger partial charge in [-0.05, 0) is 37.0 Å². The molecule has 0 saturated carbocycles. The van der Waals surface area contributed by atoms with E-state index in [9.17, 15) is 27.6 Å². The monoisotopic (exact) mass is 469 g/mol. The molecule has 10 heteroatoms. The van der Waals surface area contributed by atoms with Crippen LogP contribution < -0.4 is 5.32 Å². The fourth-order valence-corrected chi connectivity index (χ4v) is 4.35. The number of hydrogen-bond acceptors (Lipinski definition) is 4. The van der Waals surface area contributed by atoms with Crippen molar-refractivity contribution < 1.29 is 32.3 Å². The third kappa shape index (κ3) is 6.69. The highest BCUT2D eigenvalue weighted by atomic mass is 19.4. The SMILES string of the molecule is COCCCNC(=O)C1CCN(C(=O)C2CC(=O)N(Cc3cccc(C(F)(F)F)c3)C2)CC1. The second-order valence-electron chi connectivity index (χ2n) is 8.61. The first-order valence-corrected chi connectivity index (χ1v) is 11.2. The third-order valence-electron chi connectivity index (χ3n) is 6.19. The summed E-state index contributed by atoms with van der Waals surface area (Å²) in [5, 5.41) is 2.89. The van der Waals surface area contributed by atoms with Crippen molar-refractivity contribution in [3.05, 3.63) is 35.4 Å². The van der Waals surface area contributed by atoms with Crippen LogP contribution in [0, 0.1) is 11.8 Å². The second kappa shape index (κ2) is 11.0. The molecular formula is C23H30F3N3O4. The van der Waals surface area contributed by atoms with Crippen LogP contribution in [0.2, 0.25) is 0 Å². The van der Waals surface area contributed by atoms with Crippen molar-refractivity contribution in [1.29, 1.82) is 0 Å². The number of methoxy groups -OCH3 is 1. The molecule has 0 aliphatic carbocycles. The Morgan fingerprint density at radius 2 is 1.91 bits per heavy atom. The molecule has 2 aliphatic rings. The highest BCUT2D eigenvalue weighted by Gasteiger charge is 2.38. The summed E-state index contributed by atoms with van der Waals surface area (Å²) < 4.78 is 43.8. The summed E-state index contributed by atoms with van der Waals surface area (Å²) in [7, 11) is 1.61. The van der Waals surface area contributed by atoms with Crippen molar-refractivity contribution in [1.82, 2.24) is 15.1 Å². The Bertz CT molecular complexity index is 854. The molecule has 3 amide bonds. The van der Waals surface area contributed by atoms with Crippen LogP contribution in [0.3, 0.4) is 0 Å². The number of amides is 3. The molecule has 182 valence electrons. The molecule has 1 N–H and O–H groups in total. The van der Waals surface area contributed by atoms with E-state index in [0.717, 1.165) is 18.6 Å². The van der Waals surface area contributed by atoms with Gasteiger partial charge in [-0.2, -0.15) is 13.2 Å². The molecule has 7 nitrogen and oxygen atoms in total. The number of carbonyl (C=O) groups excluding carboxylic acids is 3. The molecule has 1 aromatic carbocycles. The van der Waals surface area contributed by atoms with Gasteiger partial charge in [0.05, 0.1) is 11.5 Å². The summed E-state index contributed by atoms with van der Waals surface area (Å²) in [6, 6.07) is 4.89. The number of nitrogens with zero attached hydrogens (tertiary/aromatic N) is 2. The number of hydrogen-bond donors (Lipinski definition) is 1. The molecule has 1 atom stereocenters. The van der Waals surface area contributed by atoms with Gasteiger partial charge >= 0.3 is 6.18 Å². The first-order chi connectivity index (χ1) is 15.7. The van der Waals surface area contributed by atoms with Crippen molar-refractivity contribution in [2.45, 2.75) is 38.4 Å². The van der Waals surface area contributed by atoms with Crippen LogP contribution in [0.15, 0.2) is 24.3 Å². The lowest BCUT2D eigenvalue weighted by molar-refractivity contribution is -0.139. The number of nitrogens with one attached hydrogen (secondary N) is 1.